The summed E-state index contributed by atoms with van der Waals surface area (Å²) >= 11 is 3.16. The fourth-order valence-electron chi connectivity index (χ4n) is 1.35. The fourth-order valence-corrected chi connectivity index (χ4v) is 1.80. The number of halogens is 1. The Morgan fingerprint density at radius 3 is 2.61 bits per heavy atom. The number of amides is 1. The topological polar surface area (TPSA) is 111 Å². The highest BCUT2D eigenvalue weighted by molar-refractivity contribution is 9.10. The molecule has 1 atom stereocenters. The summed E-state index contributed by atoms with van der Waals surface area (Å²) in [6.07, 6.45) is 1.12. The Kier molecular flexibility index (Phi) is 4.60. The Labute approximate surface area is 112 Å². The van der Waals surface area contributed by atoms with Gasteiger partial charge in [0.2, 0.25) is 5.91 Å². The summed E-state index contributed by atoms with van der Waals surface area (Å²) in [5.74, 6) is -0.179. The molecule has 1 rings (SSSR count). The van der Waals surface area contributed by atoms with Gasteiger partial charge in [-0.2, -0.15) is 0 Å². The number of nitrogens with two attached hydrogens (primary N) is 1. The quantitative estimate of drug-likeness (QED) is 0.634. The molecule has 0 aliphatic rings. The minimum atomic E-state index is -0.588. The third-order valence-corrected chi connectivity index (χ3v) is 2.91. The normalized spacial score (nSPS) is 12.2. The van der Waals surface area contributed by atoms with Gasteiger partial charge in [-0.05, 0) is 21.8 Å². The van der Waals surface area contributed by atoms with Crippen molar-refractivity contribution in [3.8, 4) is 0 Å². The second-order valence-corrected chi connectivity index (χ2v) is 4.90. The number of rotatable bonds is 5. The molecule has 18 heavy (non-hydrogen) atoms. The van der Waals surface area contributed by atoms with Crippen LogP contribution in [0.2, 0.25) is 0 Å². The van der Waals surface area contributed by atoms with Crippen molar-refractivity contribution in [3.05, 3.63) is 26.9 Å². The van der Waals surface area contributed by atoms with Crippen LogP contribution in [0.25, 0.3) is 0 Å². The first kappa shape index (κ1) is 14.4. The highest BCUT2D eigenvalue weighted by Crippen LogP contribution is 2.25. The molecule has 0 radical (unpaired) electrons. The standard InChI is InChI=1S/C10H13BrN4O3/c1-5(2)8(9(12)16)14-10-7(11)3-6(4-13-10)15(17)18/h3-5,8H,1-2H3,(H2,12,16)(H,13,14). The molecule has 8 heteroatoms. The number of carbonyl (C=O) groups is 1. The first-order valence-electron chi connectivity index (χ1n) is 5.18. The average Bonchev–Trinajstić information content (AvgIpc) is 2.25. The number of nitrogens with one attached hydrogen (secondary N) is 1. The maximum absolute atomic E-state index is 11.2. The van der Waals surface area contributed by atoms with Gasteiger partial charge in [-0.3, -0.25) is 14.9 Å². The number of hydrogen-bond acceptors (Lipinski definition) is 5. The maximum atomic E-state index is 11.2. The van der Waals surface area contributed by atoms with E-state index in [-0.39, 0.29) is 11.6 Å². The van der Waals surface area contributed by atoms with E-state index in [2.05, 4.69) is 26.2 Å². The number of carbonyl (C=O) groups excluding carboxylic acids is 1. The van der Waals surface area contributed by atoms with Crippen LogP contribution < -0.4 is 11.1 Å². The molecule has 7 nitrogen and oxygen atoms in total. The molecule has 1 aromatic rings. The first-order chi connectivity index (χ1) is 8.32. The van der Waals surface area contributed by atoms with Gasteiger partial charge in [-0.25, -0.2) is 4.98 Å². The van der Waals surface area contributed by atoms with Crippen molar-refractivity contribution in [3.63, 3.8) is 0 Å². The van der Waals surface area contributed by atoms with Crippen molar-refractivity contribution in [2.45, 2.75) is 19.9 Å². The van der Waals surface area contributed by atoms with Crippen molar-refractivity contribution in [1.29, 1.82) is 0 Å². The molecule has 1 amide bonds. The number of anilines is 1. The number of nitro groups is 1. The number of hydrogen-bond donors (Lipinski definition) is 2. The van der Waals surface area contributed by atoms with Crippen molar-refractivity contribution < 1.29 is 9.72 Å². The van der Waals surface area contributed by atoms with Gasteiger partial charge in [0, 0.05) is 6.07 Å². The molecule has 0 aromatic carbocycles. The van der Waals surface area contributed by atoms with Crippen LogP contribution in [0, 0.1) is 16.0 Å². The zero-order valence-corrected chi connectivity index (χ0v) is 11.5. The molecule has 98 valence electrons. The summed E-state index contributed by atoms with van der Waals surface area (Å²) in [5, 5.41) is 13.4. The molecule has 0 saturated carbocycles. The Balaban J connectivity index is 2.97. The molecule has 1 unspecified atom stereocenters. The predicted octanol–water partition coefficient (Wildman–Crippen LogP) is 1.67. The molecular weight excluding hydrogens is 304 g/mol. The summed E-state index contributed by atoms with van der Waals surface area (Å²) < 4.78 is 0.406. The van der Waals surface area contributed by atoms with Gasteiger partial charge in [-0.1, -0.05) is 13.8 Å². The van der Waals surface area contributed by atoms with Crippen LogP contribution in [-0.2, 0) is 4.79 Å². The Hall–Kier alpha value is -1.70. The Bertz CT molecular complexity index is 478. The molecule has 1 aromatic heterocycles. The predicted molar refractivity (Wildman–Crippen MR) is 70.0 cm³/mol. The average molecular weight is 317 g/mol. The lowest BCUT2D eigenvalue weighted by Gasteiger charge is -2.19. The largest absolute Gasteiger partial charge is 0.368 e. The zero-order chi connectivity index (χ0) is 13.9. The fraction of sp³-hybridized carbons (Fsp3) is 0.400. The second kappa shape index (κ2) is 5.76. The lowest BCUT2D eigenvalue weighted by atomic mass is 10.0. The second-order valence-electron chi connectivity index (χ2n) is 4.05. The molecule has 0 fully saturated rings. The molecule has 1 heterocycles. The van der Waals surface area contributed by atoms with Crippen LogP contribution in [-0.4, -0.2) is 21.9 Å². The van der Waals surface area contributed by atoms with Crippen molar-refractivity contribution in [2.75, 3.05) is 5.32 Å². The van der Waals surface area contributed by atoms with E-state index in [0.717, 1.165) is 6.20 Å². The van der Waals surface area contributed by atoms with Crippen LogP contribution >= 0.6 is 15.9 Å². The Morgan fingerprint density at radius 1 is 1.61 bits per heavy atom. The van der Waals surface area contributed by atoms with E-state index in [1.54, 1.807) is 0 Å². The summed E-state index contributed by atoms with van der Waals surface area (Å²) in [4.78, 5) is 25.1. The number of pyridine rings is 1. The van der Waals surface area contributed by atoms with E-state index >= 15 is 0 Å². The third-order valence-electron chi connectivity index (χ3n) is 2.30. The van der Waals surface area contributed by atoms with Gasteiger partial charge in [0.25, 0.3) is 5.69 Å². The molecule has 0 aliphatic heterocycles. The SMILES string of the molecule is CC(C)C(Nc1ncc([N+](=O)[O-])cc1Br)C(N)=O. The summed E-state index contributed by atoms with van der Waals surface area (Å²) in [5.41, 5.74) is 5.13. The van der Waals surface area contributed by atoms with E-state index in [1.165, 1.54) is 6.07 Å². The summed E-state index contributed by atoms with van der Waals surface area (Å²) in [7, 11) is 0. The minimum absolute atomic E-state index is 0.0219. The molecular formula is C10H13BrN4O3. The van der Waals surface area contributed by atoms with E-state index in [9.17, 15) is 14.9 Å². The Morgan fingerprint density at radius 2 is 2.22 bits per heavy atom. The van der Waals surface area contributed by atoms with Crippen LogP contribution in [0.3, 0.4) is 0 Å². The van der Waals surface area contributed by atoms with Crippen molar-refractivity contribution >= 4 is 33.3 Å². The molecule has 0 spiro atoms. The van der Waals surface area contributed by atoms with Gasteiger partial charge in [0.15, 0.2) is 0 Å². The summed E-state index contributed by atoms with van der Waals surface area (Å²) in [6, 6.07) is 0.725. The van der Waals surface area contributed by atoms with E-state index in [4.69, 9.17) is 5.73 Å². The van der Waals surface area contributed by atoms with Gasteiger partial charge < -0.3 is 11.1 Å². The number of primary amides is 1. The van der Waals surface area contributed by atoms with Crippen molar-refractivity contribution in [2.24, 2.45) is 11.7 Å². The van der Waals surface area contributed by atoms with Gasteiger partial charge in [0.05, 0.1) is 9.40 Å². The van der Waals surface area contributed by atoms with Gasteiger partial charge in [-0.15, -0.1) is 0 Å². The summed E-state index contributed by atoms with van der Waals surface area (Å²) in [6.45, 7) is 3.67. The van der Waals surface area contributed by atoms with Crippen LogP contribution in [0.4, 0.5) is 11.5 Å². The van der Waals surface area contributed by atoms with Crippen molar-refractivity contribution in [1.82, 2.24) is 4.98 Å². The molecule has 0 saturated heterocycles. The van der Waals surface area contributed by atoms with E-state index in [0.29, 0.717) is 10.3 Å². The highest BCUT2D eigenvalue weighted by Gasteiger charge is 2.21. The third kappa shape index (κ3) is 3.39. The number of nitrogens with zero attached hydrogens (tertiary/aromatic N) is 2. The van der Waals surface area contributed by atoms with Crippen LogP contribution in [0.5, 0.6) is 0 Å². The van der Waals surface area contributed by atoms with E-state index in [1.807, 2.05) is 13.8 Å². The van der Waals surface area contributed by atoms with E-state index < -0.39 is 16.9 Å². The zero-order valence-electron chi connectivity index (χ0n) is 9.88. The lowest BCUT2D eigenvalue weighted by Crippen LogP contribution is -2.39. The van der Waals surface area contributed by atoms with Gasteiger partial charge >= 0.3 is 0 Å². The maximum Gasteiger partial charge on any atom is 0.288 e. The molecule has 0 bridgehead atoms. The number of aromatic nitrogens is 1. The first-order valence-corrected chi connectivity index (χ1v) is 5.98. The smallest absolute Gasteiger partial charge is 0.288 e. The molecule has 0 aliphatic carbocycles. The van der Waals surface area contributed by atoms with Gasteiger partial charge in [0.1, 0.15) is 18.1 Å². The highest BCUT2D eigenvalue weighted by atomic mass is 79.9. The minimum Gasteiger partial charge on any atom is -0.368 e. The van der Waals surface area contributed by atoms with Crippen LogP contribution in [0.15, 0.2) is 16.7 Å². The monoisotopic (exact) mass is 316 g/mol. The van der Waals surface area contributed by atoms with Crippen LogP contribution in [0.1, 0.15) is 13.8 Å². The lowest BCUT2D eigenvalue weighted by molar-refractivity contribution is -0.385. The molecule has 3 N–H and O–H groups in total.